The van der Waals surface area contributed by atoms with Crippen molar-refractivity contribution in [1.82, 2.24) is 10.2 Å². The smallest absolute Gasteiger partial charge is 0.229 e. The van der Waals surface area contributed by atoms with Gasteiger partial charge in [-0.25, -0.2) is 0 Å². The predicted molar refractivity (Wildman–Crippen MR) is 112 cm³/mol. The average Bonchev–Trinajstić information content (AvgIpc) is 3.39. The number of benzene rings is 2. The maximum absolute atomic E-state index is 12.5. The molecule has 8 heteroatoms. The van der Waals surface area contributed by atoms with Crippen molar-refractivity contribution in [3.8, 4) is 6.07 Å². The number of hydrogen-bond acceptors (Lipinski definition) is 6. The molecular formula is C20H15ClN4OS2. The number of nitrogens with one attached hydrogen (secondary N) is 1. The van der Waals surface area contributed by atoms with E-state index in [-0.39, 0.29) is 17.7 Å². The number of aromatic nitrogens is 2. The van der Waals surface area contributed by atoms with Crippen molar-refractivity contribution < 1.29 is 4.79 Å². The quantitative estimate of drug-likeness (QED) is 0.438. The Morgan fingerprint density at radius 2 is 2.04 bits per heavy atom. The van der Waals surface area contributed by atoms with Crippen LogP contribution in [-0.4, -0.2) is 16.1 Å². The highest BCUT2D eigenvalue weighted by molar-refractivity contribution is 8.00. The van der Waals surface area contributed by atoms with Gasteiger partial charge in [0.15, 0.2) is 4.34 Å². The van der Waals surface area contributed by atoms with E-state index >= 15 is 0 Å². The zero-order valence-electron chi connectivity index (χ0n) is 14.6. The first-order valence-corrected chi connectivity index (χ1v) is 10.8. The fourth-order valence-corrected chi connectivity index (χ4v) is 4.93. The van der Waals surface area contributed by atoms with E-state index in [1.165, 1.54) is 11.3 Å². The second kappa shape index (κ2) is 8.31. The molecule has 1 aromatic heterocycles. The van der Waals surface area contributed by atoms with Crippen LogP contribution in [0.4, 0.5) is 5.13 Å². The molecule has 2 aromatic carbocycles. The SMILES string of the molecule is N#Cc1ccc(CSc2nnc(NC(=O)C3CC3c3ccccc3Cl)s2)cc1. The number of nitrogens with zero attached hydrogens (tertiary/aromatic N) is 3. The van der Waals surface area contributed by atoms with Gasteiger partial charge < -0.3 is 5.32 Å². The number of thioether (sulfide) groups is 1. The average molecular weight is 427 g/mol. The maximum Gasteiger partial charge on any atom is 0.229 e. The van der Waals surface area contributed by atoms with Gasteiger partial charge in [-0.1, -0.05) is 65.0 Å². The largest absolute Gasteiger partial charge is 0.300 e. The summed E-state index contributed by atoms with van der Waals surface area (Å²) in [4.78, 5) is 12.5. The molecule has 1 N–H and O–H groups in total. The van der Waals surface area contributed by atoms with E-state index in [0.717, 1.165) is 27.6 Å². The third-order valence-electron chi connectivity index (χ3n) is 4.51. The van der Waals surface area contributed by atoms with Gasteiger partial charge in [-0.3, -0.25) is 4.79 Å². The molecule has 0 spiro atoms. The van der Waals surface area contributed by atoms with Gasteiger partial charge in [-0.05, 0) is 41.7 Å². The molecule has 1 fully saturated rings. The molecule has 2 unspecified atom stereocenters. The van der Waals surface area contributed by atoms with Crippen LogP contribution < -0.4 is 5.32 Å². The topological polar surface area (TPSA) is 78.7 Å². The van der Waals surface area contributed by atoms with Gasteiger partial charge in [0.05, 0.1) is 11.6 Å². The highest BCUT2D eigenvalue weighted by Gasteiger charge is 2.45. The van der Waals surface area contributed by atoms with E-state index < -0.39 is 0 Å². The standard InChI is InChI=1S/C20H15ClN4OS2/c21-17-4-2-1-3-14(17)15-9-16(15)18(26)23-19-24-25-20(28-19)27-11-13-7-5-12(10-22)6-8-13/h1-8,15-16H,9,11H2,(H,23,24,26). The van der Waals surface area contributed by atoms with Crippen LogP contribution in [0.3, 0.4) is 0 Å². The summed E-state index contributed by atoms with van der Waals surface area (Å²) < 4.78 is 0.790. The third-order valence-corrected chi connectivity index (χ3v) is 6.90. The fourth-order valence-electron chi connectivity index (χ4n) is 2.94. The number of halogens is 1. The second-order valence-electron chi connectivity index (χ2n) is 6.43. The number of hydrogen-bond donors (Lipinski definition) is 1. The van der Waals surface area contributed by atoms with Crippen LogP contribution in [0.1, 0.15) is 29.0 Å². The van der Waals surface area contributed by atoms with Gasteiger partial charge in [0.25, 0.3) is 0 Å². The minimum absolute atomic E-state index is 0.0373. The van der Waals surface area contributed by atoms with Crippen LogP contribution in [0, 0.1) is 17.2 Å². The van der Waals surface area contributed by atoms with Crippen molar-refractivity contribution in [2.45, 2.75) is 22.4 Å². The summed E-state index contributed by atoms with van der Waals surface area (Å²) in [6.45, 7) is 0. The second-order valence-corrected chi connectivity index (χ2v) is 9.04. The molecule has 28 heavy (non-hydrogen) atoms. The molecule has 2 atom stereocenters. The number of rotatable bonds is 6. The Morgan fingerprint density at radius 3 is 2.79 bits per heavy atom. The molecule has 0 radical (unpaired) electrons. The summed E-state index contributed by atoms with van der Waals surface area (Å²) in [7, 11) is 0. The summed E-state index contributed by atoms with van der Waals surface area (Å²) >= 11 is 9.14. The first kappa shape index (κ1) is 18.9. The van der Waals surface area contributed by atoms with Crippen molar-refractivity contribution in [3.05, 3.63) is 70.2 Å². The number of carbonyl (C=O) groups is 1. The summed E-state index contributed by atoms with van der Waals surface area (Å²) in [6, 6.07) is 17.2. The van der Waals surface area contributed by atoms with E-state index in [4.69, 9.17) is 16.9 Å². The number of anilines is 1. The van der Waals surface area contributed by atoms with Crippen molar-refractivity contribution in [3.63, 3.8) is 0 Å². The first-order chi connectivity index (χ1) is 13.6. The molecule has 140 valence electrons. The van der Waals surface area contributed by atoms with Gasteiger partial charge in [-0.15, -0.1) is 10.2 Å². The van der Waals surface area contributed by atoms with E-state index in [1.54, 1.807) is 23.9 Å². The molecule has 1 heterocycles. The molecular weight excluding hydrogens is 412 g/mol. The van der Waals surface area contributed by atoms with Crippen molar-refractivity contribution in [1.29, 1.82) is 5.26 Å². The highest BCUT2D eigenvalue weighted by atomic mass is 35.5. The minimum atomic E-state index is -0.0708. The molecule has 0 bridgehead atoms. The Bertz CT molecular complexity index is 1040. The molecule has 5 nitrogen and oxygen atoms in total. The molecule has 0 aliphatic heterocycles. The zero-order valence-corrected chi connectivity index (χ0v) is 17.0. The third kappa shape index (κ3) is 4.36. The number of amides is 1. The molecule has 1 aliphatic rings. The first-order valence-electron chi connectivity index (χ1n) is 8.64. The van der Waals surface area contributed by atoms with E-state index in [2.05, 4.69) is 21.6 Å². The van der Waals surface area contributed by atoms with Crippen LogP contribution in [0.2, 0.25) is 5.02 Å². The lowest BCUT2D eigenvalue weighted by atomic mass is 10.1. The summed E-state index contributed by atoms with van der Waals surface area (Å²) in [5.41, 5.74) is 2.77. The Hall–Kier alpha value is -2.40. The van der Waals surface area contributed by atoms with Crippen molar-refractivity contribution >= 4 is 45.7 Å². The van der Waals surface area contributed by atoms with E-state index in [9.17, 15) is 4.79 Å². The zero-order chi connectivity index (χ0) is 19.5. The Morgan fingerprint density at radius 1 is 1.25 bits per heavy atom. The van der Waals surface area contributed by atoms with Crippen molar-refractivity contribution in [2.75, 3.05) is 5.32 Å². The lowest BCUT2D eigenvalue weighted by Gasteiger charge is -2.03. The van der Waals surface area contributed by atoms with Crippen LogP contribution in [-0.2, 0) is 10.5 Å². The molecule has 3 aromatic rings. The lowest BCUT2D eigenvalue weighted by Crippen LogP contribution is -2.14. The molecule has 0 saturated heterocycles. The maximum atomic E-state index is 12.5. The van der Waals surface area contributed by atoms with E-state index in [0.29, 0.717) is 15.7 Å². The van der Waals surface area contributed by atoms with E-state index in [1.807, 2.05) is 36.4 Å². The monoisotopic (exact) mass is 426 g/mol. The van der Waals surface area contributed by atoms with Crippen LogP contribution >= 0.6 is 34.7 Å². The Labute approximate surface area is 175 Å². The number of nitriles is 1. The fraction of sp³-hybridized carbons (Fsp3) is 0.200. The summed E-state index contributed by atoms with van der Waals surface area (Å²) in [5, 5.41) is 21.1. The molecule has 1 aliphatic carbocycles. The summed E-state index contributed by atoms with van der Waals surface area (Å²) in [6.07, 6.45) is 0.800. The Kier molecular flexibility index (Phi) is 5.62. The summed E-state index contributed by atoms with van der Waals surface area (Å²) in [5.74, 6) is 0.793. The van der Waals surface area contributed by atoms with Gasteiger partial charge >= 0.3 is 0 Å². The molecule has 1 saturated carbocycles. The number of carbonyl (C=O) groups excluding carboxylic acids is 1. The van der Waals surface area contributed by atoms with Gasteiger partial charge in [0, 0.05) is 16.7 Å². The van der Waals surface area contributed by atoms with Gasteiger partial charge in [0.1, 0.15) is 0 Å². The normalized spacial score (nSPS) is 17.7. The van der Waals surface area contributed by atoms with Crippen LogP contribution in [0.25, 0.3) is 0 Å². The van der Waals surface area contributed by atoms with Crippen LogP contribution in [0.15, 0.2) is 52.9 Å². The van der Waals surface area contributed by atoms with Crippen LogP contribution in [0.5, 0.6) is 0 Å². The predicted octanol–water partition coefficient (Wildman–Crippen LogP) is 5.10. The Balaban J connectivity index is 1.30. The van der Waals surface area contributed by atoms with Crippen molar-refractivity contribution in [2.24, 2.45) is 5.92 Å². The minimum Gasteiger partial charge on any atom is -0.300 e. The van der Waals surface area contributed by atoms with Gasteiger partial charge in [0.2, 0.25) is 11.0 Å². The molecule has 1 amide bonds. The highest BCUT2D eigenvalue weighted by Crippen LogP contribution is 2.50. The lowest BCUT2D eigenvalue weighted by molar-refractivity contribution is -0.117. The van der Waals surface area contributed by atoms with Gasteiger partial charge in [-0.2, -0.15) is 5.26 Å². The molecule has 4 rings (SSSR count).